The lowest BCUT2D eigenvalue weighted by atomic mass is 9.98. The Morgan fingerprint density at radius 3 is 2.58 bits per heavy atom. The summed E-state index contributed by atoms with van der Waals surface area (Å²) in [6, 6.07) is 0. The highest BCUT2D eigenvalue weighted by Gasteiger charge is 2.19. The van der Waals surface area contributed by atoms with Crippen molar-refractivity contribution in [1.29, 1.82) is 0 Å². The smallest absolute Gasteiger partial charge is 0.0540 e. The SMILES string of the molecule is CCC.CN=CSC(CCCCN)CN1CCCCCC(CN)C1. The quantitative estimate of drug-likeness (QED) is 0.374. The van der Waals surface area contributed by atoms with Crippen molar-refractivity contribution in [2.75, 3.05) is 39.8 Å². The van der Waals surface area contributed by atoms with Gasteiger partial charge in [0.05, 0.1) is 5.55 Å². The normalized spacial score (nSPS) is 21.0. The van der Waals surface area contributed by atoms with Crippen LogP contribution in [0.5, 0.6) is 0 Å². The molecule has 1 saturated heterocycles. The standard InChI is InChI=1S/C16H34N4S.C3H8/c1-19-14-21-16(8-4-5-9-17)13-20-10-6-2-3-7-15(11-18)12-20;1-3-2/h14-16H,2-13,17-18H2,1H3;3H2,1-2H3. The molecule has 0 amide bonds. The molecule has 0 aromatic heterocycles. The van der Waals surface area contributed by atoms with Gasteiger partial charge in [-0.2, -0.15) is 0 Å². The summed E-state index contributed by atoms with van der Waals surface area (Å²) in [4.78, 5) is 6.78. The molecular weight excluding hydrogens is 316 g/mol. The third-order valence-corrected chi connectivity index (χ3v) is 5.34. The Morgan fingerprint density at radius 2 is 1.96 bits per heavy atom. The average molecular weight is 359 g/mol. The molecule has 0 bridgehead atoms. The second-order valence-electron chi connectivity index (χ2n) is 6.82. The topological polar surface area (TPSA) is 67.6 Å². The Bertz CT molecular complexity index is 287. The highest BCUT2D eigenvalue weighted by molar-refractivity contribution is 8.12. The summed E-state index contributed by atoms with van der Waals surface area (Å²) in [5.41, 5.74) is 13.5. The number of hydrogen-bond donors (Lipinski definition) is 2. The van der Waals surface area contributed by atoms with Crippen LogP contribution in [-0.4, -0.2) is 55.5 Å². The zero-order chi connectivity index (χ0) is 18.0. The number of likely N-dealkylation sites (tertiary alicyclic amines) is 1. The maximum Gasteiger partial charge on any atom is 0.0540 e. The van der Waals surface area contributed by atoms with Crippen molar-refractivity contribution < 1.29 is 0 Å². The predicted molar refractivity (Wildman–Crippen MR) is 112 cm³/mol. The van der Waals surface area contributed by atoms with E-state index in [9.17, 15) is 0 Å². The first-order chi connectivity index (χ1) is 11.7. The molecule has 2 atom stereocenters. The van der Waals surface area contributed by atoms with Crippen LogP contribution in [0.25, 0.3) is 0 Å². The molecular formula is C19H42N4S. The lowest BCUT2D eigenvalue weighted by molar-refractivity contribution is 0.203. The van der Waals surface area contributed by atoms with Gasteiger partial charge in [0.25, 0.3) is 0 Å². The van der Waals surface area contributed by atoms with Gasteiger partial charge in [-0.1, -0.05) is 39.5 Å². The van der Waals surface area contributed by atoms with Crippen molar-refractivity contribution in [3.63, 3.8) is 0 Å². The first-order valence-corrected chi connectivity index (χ1v) is 10.8. The molecule has 1 heterocycles. The van der Waals surface area contributed by atoms with Crippen LogP contribution in [0.15, 0.2) is 4.99 Å². The van der Waals surface area contributed by atoms with E-state index < -0.39 is 0 Å². The minimum atomic E-state index is 0.637. The number of aliphatic imine (C=N–C) groups is 1. The molecule has 144 valence electrons. The van der Waals surface area contributed by atoms with E-state index in [0.717, 1.165) is 26.1 Å². The van der Waals surface area contributed by atoms with Gasteiger partial charge in [-0.25, -0.2) is 0 Å². The van der Waals surface area contributed by atoms with Gasteiger partial charge in [-0.3, -0.25) is 4.99 Å². The molecule has 0 aliphatic carbocycles. The number of thioether (sulfide) groups is 1. The van der Waals surface area contributed by atoms with Crippen molar-refractivity contribution in [3.05, 3.63) is 0 Å². The van der Waals surface area contributed by atoms with Gasteiger partial charge < -0.3 is 16.4 Å². The second-order valence-corrected chi connectivity index (χ2v) is 7.97. The van der Waals surface area contributed by atoms with Gasteiger partial charge >= 0.3 is 0 Å². The van der Waals surface area contributed by atoms with Gasteiger partial charge in [-0.15, -0.1) is 11.8 Å². The predicted octanol–water partition coefficient (Wildman–Crippen LogP) is 3.74. The van der Waals surface area contributed by atoms with E-state index in [4.69, 9.17) is 11.5 Å². The average Bonchev–Trinajstić information content (AvgIpc) is 2.55. The molecule has 24 heavy (non-hydrogen) atoms. The van der Waals surface area contributed by atoms with Crippen molar-refractivity contribution in [1.82, 2.24) is 4.90 Å². The van der Waals surface area contributed by atoms with Gasteiger partial charge in [0.15, 0.2) is 0 Å². The van der Waals surface area contributed by atoms with Gasteiger partial charge in [0.1, 0.15) is 0 Å². The van der Waals surface area contributed by atoms with E-state index in [-0.39, 0.29) is 0 Å². The zero-order valence-electron chi connectivity index (χ0n) is 16.4. The van der Waals surface area contributed by atoms with E-state index in [2.05, 4.69) is 23.7 Å². The van der Waals surface area contributed by atoms with Crippen LogP contribution in [0, 0.1) is 5.92 Å². The molecule has 0 radical (unpaired) electrons. The lowest BCUT2D eigenvalue weighted by Crippen LogP contribution is -2.39. The summed E-state index contributed by atoms with van der Waals surface area (Å²) < 4.78 is 0. The molecule has 5 heteroatoms. The van der Waals surface area contributed by atoms with Crippen molar-refractivity contribution in [2.45, 2.75) is 70.5 Å². The fourth-order valence-electron chi connectivity index (χ4n) is 3.00. The first kappa shape index (κ1) is 23.9. The van der Waals surface area contributed by atoms with E-state index in [1.807, 2.05) is 24.4 Å². The number of rotatable bonds is 9. The summed E-state index contributed by atoms with van der Waals surface area (Å²) >= 11 is 1.88. The molecule has 0 spiro atoms. The van der Waals surface area contributed by atoms with Crippen molar-refractivity contribution >= 4 is 17.3 Å². The van der Waals surface area contributed by atoms with Crippen LogP contribution >= 0.6 is 11.8 Å². The number of unbranched alkanes of at least 4 members (excludes halogenated alkanes) is 1. The highest BCUT2D eigenvalue weighted by Crippen LogP contribution is 2.21. The van der Waals surface area contributed by atoms with Crippen LogP contribution in [-0.2, 0) is 0 Å². The summed E-state index contributed by atoms with van der Waals surface area (Å²) in [7, 11) is 1.85. The van der Waals surface area contributed by atoms with E-state index in [1.165, 1.54) is 58.0 Å². The van der Waals surface area contributed by atoms with E-state index in [0.29, 0.717) is 11.2 Å². The molecule has 0 aromatic carbocycles. The third-order valence-electron chi connectivity index (χ3n) is 4.24. The molecule has 4 nitrogen and oxygen atoms in total. The Hall–Kier alpha value is -0.100. The molecule has 0 saturated carbocycles. The molecule has 0 aromatic rings. The Morgan fingerprint density at radius 1 is 1.21 bits per heavy atom. The van der Waals surface area contributed by atoms with Crippen LogP contribution in [0.3, 0.4) is 0 Å². The van der Waals surface area contributed by atoms with Crippen LogP contribution in [0.2, 0.25) is 0 Å². The van der Waals surface area contributed by atoms with E-state index in [1.54, 1.807) is 0 Å². The molecule has 1 fully saturated rings. The zero-order valence-corrected chi connectivity index (χ0v) is 17.2. The summed E-state index contributed by atoms with van der Waals surface area (Å²) in [6.45, 7) is 9.45. The molecule has 4 N–H and O–H groups in total. The van der Waals surface area contributed by atoms with Crippen LogP contribution in [0.4, 0.5) is 0 Å². The maximum atomic E-state index is 5.93. The first-order valence-electron chi connectivity index (χ1n) is 9.90. The number of hydrogen-bond acceptors (Lipinski definition) is 5. The fraction of sp³-hybridized carbons (Fsp3) is 0.947. The van der Waals surface area contributed by atoms with Gasteiger partial charge in [0, 0.05) is 25.4 Å². The largest absolute Gasteiger partial charge is 0.330 e. The van der Waals surface area contributed by atoms with E-state index >= 15 is 0 Å². The van der Waals surface area contributed by atoms with Crippen molar-refractivity contribution in [3.8, 4) is 0 Å². The third kappa shape index (κ3) is 13.2. The van der Waals surface area contributed by atoms with Gasteiger partial charge in [0.2, 0.25) is 0 Å². The van der Waals surface area contributed by atoms with Crippen LogP contribution in [0.1, 0.15) is 65.2 Å². The van der Waals surface area contributed by atoms with Gasteiger partial charge in [-0.05, 0) is 51.2 Å². The molecule has 2 unspecified atom stereocenters. The minimum absolute atomic E-state index is 0.637. The Labute approximate surface area is 155 Å². The summed E-state index contributed by atoms with van der Waals surface area (Å²) in [6.07, 6.45) is 10.2. The minimum Gasteiger partial charge on any atom is -0.330 e. The Kier molecular flexibility index (Phi) is 17.6. The van der Waals surface area contributed by atoms with Crippen molar-refractivity contribution in [2.24, 2.45) is 22.4 Å². The number of nitrogens with zero attached hydrogens (tertiary/aromatic N) is 2. The fourth-order valence-corrected chi connectivity index (χ4v) is 3.90. The maximum absolute atomic E-state index is 5.93. The summed E-state index contributed by atoms with van der Waals surface area (Å²) in [5.74, 6) is 0.680. The molecule has 1 rings (SSSR count). The number of nitrogens with two attached hydrogens (primary N) is 2. The van der Waals surface area contributed by atoms with Crippen LogP contribution < -0.4 is 11.5 Å². The lowest BCUT2D eigenvalue weighted by Gasteiger charge is -2.31. The Balaban J connectivity index is 0.00000163. The monoisotopic (exact) mass is 358 g/mol. The highest BCUT2D eigenvalue weighted by atomic mass is 32.2. The summed E-state index contributed by atoms with van der Waals surface area (Å²) in [5, 5.41) is 0.637. The second kappa shape index (κ2) is 17.7. The molecule has 1 aliphatic heterocycles. The molecule has 1 aliphatic rings.